The van der Waals surface area contributed by atoms with Gasteiger partial charge in [0.1, 0.15) is 0 Å². The molecular formula is C16H25N3O2S. The number of nitrogens with one attached hydrogen (secondary N) is 2. The molecule has 1 aliphatic rings. The molecule has 1 aromatic heterocycles. The molecule has 0 spiro atoms. The first-order chi connectivity index (χ1) is 10.6. The van der Waals surface area contributed by atoms with Gasteiger partial charge in [0.05, 0.1) is 5.75 Å². The molecule has 22 heavy (non-hydrogen) atoms. The van der Waals surface area contributed by atoms with E-state index in [2.05, 4.69) is 22.2 Å². The maximum atomic E-state index is 12.0. The van der Waals surface area contributed by atoms with Crippen molar-refractivity contribution in [3.05, 3.63) is 22.1 Å². The Balaban J connectivity index is 1.82. The lowest BCUT2D eigenvalue weighted by molar-refractivity contribution is -0.119. The summed E-state index contributed by atoms with van der Waals surface area (Å²) < 4.78 is 0. The van der Waals surface area contributed by atoms with Gasteiger partial charge in [-0.15, -0.1) is 0 Å². The smallest absolute Gasteiger partial charge is 0.251 e. The topological polar surface area (TPSA) is 74.8 Å². The first kappa shape index (κ1) is 17.1. The number of nitrogens with zero attached hydrogens (tertiary/aromatic N) is 1. The van der Waals surface area contributed by atoms with E-state index in [0.29, 0.717) is 17.0 Å². The fourth-order valence-corrected chi connectivity index (χ4v) is 3.45. The summed E-state index contributed by atoms with van der Waals surface area (Å²) in [7, 11) is 0. The Bertz CT molecular complexity index is 551. The highest BCUT2D eigenvalue weighted by Gasteiger charge is 2.19. The van der Waals surface area contributed by atoms with Gasteiger partial charge < -0.3 is 10.3 Å². The maximum absolute atomic E-state index is 12.0. The van der Waals surface area contributed by atoms with Crippen molar-refractivity contribution < 1.29 is 4.79 Å². The molecule has 0 aliphatic heterocycles. The molecule has 2 N–H and O–H groups in total. The van der Waals surface area contributed by atoms with Crippen molar-refractivity contribution in [3.8, 4) is 0 Å². The van der Waals surface area contributed by atoms with Crippen molar-refractivity contribution in [2.75, 3.05) is 5.75 Å². The van der Waals surface area contributed by atoms with Crippen molar-refractivity contribution in [2.45, 2.75) is 63.6 Å². The van der Waals surface area contributed by atoms with Crippen molar-refractivity contribution >= 4 is 17.7 Å². The summed E-state index contributed by atoms with van der Waals surface area (Å²) in [5, 5.41) is 3.62. The number of thioether (sulfide) groups is 1. The van der Waals surface area contributed by atoms with Gasteiger partial charge in [-0.2, -0.15) is 0 Å². The number of aromatic nitrogens is 2. The molecule has 2 rings (SSSR count). The quantitative estimate of drug-likeness (QED) is 0.623. The molecule has 1 aromatic rings. The minimum absolute atomic E-state index is 0.0214. The van der Waals surface area contributed by atoms with E-state index >= 15 is 0 Å². The number of rotatable bonds is 6. The zero-order chi connectivity index (χ0) is 15.9. The number of aryl methyl sites for hydroxylation is 1. The van der Waals surface area contributed by atoms with Gasteiger partial charge in [0.2, 0.25) is 5.91 Å². The van der Waals surface area contributed by atoms with Crippen molar-refractivity contribution in [1.29, 1.82) is 0 Å². The minimum atomic E-state index is -0.150. The third kappa shape index (κ3) is 5.48. The highest BCUT2D eigenvalue weighted by atomic mass is 32.2. The van der Waals surface area contributed by atoms with E-state index in [4.69, 9.17) is 0 Å². The van der Waals surface area contributed by atoms with Crippen LogP contribution in [0.25, 0.3) is 0 Å². The summed E-state index contributed by atoms with van der Waals surface area (Å²) >= 11 is 1.29. The van der Waals surface area contributed by atoms with Gasteiger partial charge >= 0.3 is 0 Å². The van der Waals surface area contributed by atoms with Crippen LogP contribution in [-0.2, 0) is 11.2 Å². The van der Waals surface area contributed by atoms with Crippen LogP contribution in [0.5, 0.6) is 0 Å². The lowest BCUT2D eigenvalue weighted by atomic mass is 9.87. The summed E-state index contributed by atoms with van der Waals surface area (Å²) in [5.41, 5.74) is 0.637. The van der Waals surface area contributed by atoms with E-state index in [0.717, 1.165) is 37.3 Å². The second-order valence-corrected chi connectivity index (χ2v) is 7.07. The predicted octanol–water partition coefficient (Wildman–Crippen LogP) is 2.51. The predicted molar refractivity (Wildman–Crippen MR) is 89.1 cm³/mol. The third-order valence-corrected chi connectivity index (χ3v) is 4.87. The number of hydrogen-bond acceptors (Lipinski definition) is 4. The van der Waals surface area contributed by atoms with Gasteiger partial charge in [0.15, 0.2) is 5.16 Å². The summed E-state index contributed by atoms with van der Waals surface area (Å²) in [6, 6.07) is 1.83. The van der Waals surface area contributed by atoms with Gasteiger partial charge in [-0.3, -0.25) is 9.59 Å². The highest BCUT2D eigenvalue weighted by molar-refractivity contribution is 7.99. The first-order valence-electron chi connectivity index (χ1n) is 8.09. The van der Waals surface area contributed by atoms with Crippen LogP contribution in [0.3, 0.4) is 0 Å². The van der Waals surface area contributed by atoms with Gasteiger partial charge in [-0.25, -0.2) is 4.98 Å². The van der Waals surface area contributed by atoms with Crippen LogP contribution in [0.1, 0.15) is 51.6 Å². The lowest BCUT2D eigenvalue weighted by Crippen LogP contribution is -2.38. The summed E-state index contributed by atoms with van der Waals surface area (Å²) in [6.07, 6.45) is 6.24. The summed E-state index contributed by atoms with van der Waals surface area (Å²) in [5.74, 6) is 1.09. The third-order valence-electron chi connectivity index (χ3n) is 4.00. The lowest BCUT2D eigenvalue weighted by Gasteiger charge is -2.26. The zero-order valence-electron chi connectivity index (χ0n) is 13.4. The Labute approximate surface area is 135 Å². The molecule has 0 radical (unpaired) electrons. The molecule has 1 heterocycles. The molecule has 1 fully saturated rings. The Morgan fingerprint density at radius 2 is 2.14 bits per heavy atom. The SMILES string of the molecule is CCCc1cc(=O)[nH]c(SCC(=O)NC2CCC(C)CC2)n1. The standard InChI is InChI=1S/C16H25N3O2S/c1-3-4-13-9-14(20)19-16(18-13)22-10-15(21)17-12-7-5-11(2)6-8-12/h9,11-12H,3-8,10H2,1-2H3,(H,17,21)(H,18,19,20). The van der Waals surface area contributed by atoms with Gasteiger partial charge in [0.25, 0.3) is 5.56 Å². The van der Waals surface area contributed by atoms with E-state index in [1.54, 1.807) is 0 Å². The Morgan fingerprint density at radius 3 is 2.82 bits per heavy atom. The minimum Gasteiger partial charge on any atom is -0.353 e. The average molecular weight is 323 g/mol. The van der Waals surface area contributed by atoms with E-state index in [9.17, 15) is 9.59 Å². The molecule has 1 saturated carbocycles. The molecule has 1 amide bonds. The molecule has 0 saturated heterocycles. The maximum Gasteiger partial charge on any atom is 0.251 e. The monoisotopic (exact) mass is 323 g/mol. The van der Waals surface area contributed by atoms with Crippen LogP contribution >= 0.6 is 11.8 Å². The molecule has 1 aliphatic carbocycles. The Kier molecular flexibility index (Phi) is 6.49. The number of carbonyl (C=O) groups is 1. The second-order valence-electron chi connectivity index (χ2n) is 6.10. The van der Waals surface area contributed by atoms with Gasteiger partial charge in [0, 0.05) is 17.8 Å². The van der Waals surface area contributed by atoms with Gasteiger partial charge in [-0.1, -0.05) is 32.0 Å². The molecule has 0 aromatic carbocycles. The Morgan fingerprint density at radius 1 is 1.41 bits per heavy atom. The molecule has 0 atom stereocenters. The number of amides is 1. The molecule has 0 bridgehead atoms. The van der Waals surface area contributed by atoms with Crippen molar-refractivity contribution in [1.82, 2.24) is 15.3 Å². The zero-order valence-corrected chi connectivity index (χ0v) is 14.2. The number of H-pyrrole nitrogens is 1. The summed E-state index contributed by atoms with van der Waals surface area (Å²) in [4.78, 5) is 30.6. The van der Waals surface area contributed by atoms with E-state index in [-0.39, 0.29) is 11.5 Å². The molecule has 0 unspecified atom stereocenters. The van der Waals surface area contributed by atoms with Crippen molar-refractivity contribution in [2.24, 2.45) is 5.92 Å². The van der Waals surface area contributed by atoms with Gasteiger partial charge in [-0.05, 0) is 38.0 Å². The number of hydrogen-bond donors (Lipinski definition) is 2. The van der Waals surface area contributed by atoms with Crippen LogP contribution in [0.2, 0.25) is 0 Å². The van der Waals surface area contributed by atoms with E-state index in [1.165, 1.54) is 30.7 Å². The van der Waals surface area contributed by atoms with Crippen LogP contribution in [0.4, 0.5) is 0 Å². The highest BCUT2D eigenvalue weighted by Crippen LogP contribution is 2.23. The fraction of sp³-hybridized carbons (Fsp3) is 0.688. The second kappa shape index (κ2) is 8.36. The normalized spacial score (nSPS) is 21.5. The van der Waals surface area contributed by atoms with E-state index in [1.807, 2.05) is 6.92 Å². The number of aromatic amines is 1. The Hall–Kier alpha value is -1.30. The van der Waals surface area contributed by atoms with Crippen molar-refractivity contribution in [3.63, 3.8) is 0 Å². The van der Waals surface area contributed by atoms with E-state index < -0.39 is 0 Å². The average Bonchev–Trinajstić information content (AvgIpc) is 2.47. The molecular weight excluding hydrogens is 298 g/mol. The van der Waals surface area contributed by atoms with Crippen LogP contribution in [-0.4, -0.2) is 27.7 Å². The molecule has 122 valence electrons. The summed E-state index contributed by atoms with van der Waals surface area (Å²) in [6.45, 7) is 4.31. The number of carbonyl (C=O) groups excluding carboxylic acids is 1. The largest absolute Gasteiger partial charge is 0.353 e. The van der Waals surface area contributed by atoms with Crippen LogP contribution in [0, 0.1) is 5.92 Å². The first-order valence-corrected chi connectivity index (χ1v) is 9.07. The van der Waals surface area contributed by atoms with Crippen LogP contribution in [0.15, 0.2) is 16.0 Å². The fourth-order valence-electron chi connectivity index (χ4n) is 2.74. The molecule has 6 heteroatoms. The van der Waals surface area contributed by atoms with Crippen LogP contribution < -0.4 is 10.9 Å². The molecule has 5 nitrogen and oxygen atoms in total.